The maximum Gasteiger partial charge on any atom is 0.222 e. The molecule has 4 nitrogen and oxygen atoms in total. The van der Waals surface area contributed by atoms with E-state index in [-0.39, 0.29) is 17.6 Å². The standard InChI is InChI=1S/C16H26N2O2/c1-12(2)7-14(10-17)9-16(20)18(3)11-13-5-4-6-15(19)8-13/h4-6,8,12,14,19H,7,9-11,17H2,1-3H3. The van der Waals surface area contributed by atoms with Crippen LogP contribution in [0.3, 0.4) is 0 Å². The van der Waals surface area contributed by atoms with Crippen molar-refractivity contribution in [3.63, 3.8) is 0 Å². The predicted octanol–water partition coefficient (Wildman–Crippen LogP) is 2.36. The quantitative estimate of drug-likeness (QED) is 0.804. The van der Waals surface area contributed by atoms with Gasteiger partial charge in [0.25, 0.3) is 0 Å². The third kappa shape index (κ3) is 5.61. The van der Waals surface area contributed by atoms with Gasteiger partial charge in [-0.3, -0.25) is 4.79 Å². The summed E-state index contributed by atoms with van der Waals surface area (Å²) >= 11 is 0. The Kier molecular flexibility index (Phi) is 6.52. The summed E-state index contributed by atoms with van der Waals surface area (Å²) < 4.78 is 0. The smallest absolute Gasteiger partial charge is 0.222 e. The molecule has 0 spiro atoms. The Balaban J connectivity index is 2.54. The zero-order valence-electron chi connectivity index (χ0n) is 12.7. The third-order valence-electron chi connectivity index (χ3n) is 3.36. The van der Waals surface area contributed by atoms with Crippen molar-refractivity contribution >= 4 is 5.91 Å². The molecule has 20 heavy (non-hydrogen) atoms. The van der Waals surface area contributed by atoms with Crippen molar-refractivity contribution in [3.05, 3.63) is 29.8 Å². The third-order valence-corrected chi connectivity index (χ3v) is 3.36. The van der Waals surface area contributed by atoms with Crippen LogP contribution in [0.15, 0.2) is 24.3 Å². The van der Waals surface area contributed by atoms with E-state index in [1.165, 1.54) is 0 Å². The molecular formula is C16H26N2O2. The number of carbonyl (C=O) groups excluding carboxylic acids is 1. The molecule has 0 aromatic heterocycles. The molecule has 0 aliphatic heterocycles. The van der Waals surface area contributed by atoms with E-state index in [0.29, 0.717) is 25.4 Å². The number of carbonyl (C=O) groups is 1. The zero-order chi connectivity index (χ0) is 15.1. The van der Waals surface area contributed by atoms with E-state index in [2.05, 4.69) is 13.8 Å². The number of rotatable bonds is 7. The highest BCUT2D eigenvalue weighted by molar-refractivity contribution is 5.76. The molecule has 0 heterocycles. The van der Waals surface area contributed by atoms with E-state index in [1.54, 1.807) is 30.1 Å². The molecule has 3 N–H and O–H groups in total. The van der Waals surface area contributed by atoms with Crippen molar-refractivity contribution in [2.75, 3.05) is 13.6 Å². The second-order valence-electron chi connectivity index (χ2n) is 5.86. The summed E-state index contributed by atoms with van der Waals surface area (Å²) in [6, 6.07) is 6.99. The zero-order valence-corrected chi connectivity index (χ0v) is 12.7. The van der Waals surface area contributed by atoms with Gasteiger partial charge in [0.05, 0.1) is 0 Å². The molecule has 112 valence electrons. The number of hydrogen-bond acceptors (Lipinski definition) is 3. The summed E-state index contributed by atoms with van der Waals surface area (Å²) in [6.45, 7) is 5.34. The van der Waals surface area contributed by atoms with Gasteiger partial charge in [-0.1, -0.05) is 26.0 Å². The minimum Gasteiger partial charge on any atom is -0.508 e. The van der Waals surface area contributed by atoms with E-state index >= 15 is 0 Å². The lowest BCUT2D eigenvalue weighted by molar-refractivity contribution is -0.131. The van der Waals surface area contributed by atoms with Crippen molar-refractivity contribution < 1.29 is 9.90 Å². The molecule has 1 unspecified atom stereocenters. The molecule has 1 rings (SSSR count). The number of phenolic OH excluding ortho intramolecular Hbond substituents is 1. The minimum absolute atomic E-state index is 0.101. The van der Waals surface area contributed by atoms with Crippen LogP contribution in [0, 0.1) is 11.8 Å². The fraction of sp³-hybridized carbons (Fsp3) is 0.562. The van der Waals surface area contributed by atoms with Crippen LogP contribution in [0.2, 0.25) is 0 Å². The van der Waals surface area contributed by atoms with Crippen LogP contribution in [0.5, 0.6) is 5.75 Å². The first kappa shape index (κ1) is 16.5. The van der Waals surface area contributed by atoms with Gasteiger partial charge in [0.1, 0.15) is 5.75 Å². The lowest BCUT2D eigenvalue weighted by Crippen LogP contribution is -2.30. The molecule has 0 aliphatic rings. The topological polar surface area (TPSA) is 66.6 Å². The fourth-order valence-corrected chi connectivity index (χ4v) is 2.35. The van der Waals surface area contributed by atoms with Crippen LogP contribution >= 0.6 is 0 Å². The van der Waals surface area contributed by atoms with Crippen LogP contribution in [-0.4, -0.2) is 29.5 Å². The summed E-state index contributed by atoms with van der Waals surface area (Å²) in [7, 11) is 1.79. The highest BCUT2D eigenvalue weighted by atomic mass is 16.3. The first-order valence-corrected chi connectivity index (χ1v) is 7.14. The second kappa shape index (κ2) is 7.90. The maximum atomic E-state index is 12.2. The van der Waals surface area contributed by atoms with Gasteiger partial charge in [0, 0.05) is 20.0 Å². The largest absolute Gasteiger partial charge is 0.508 e. The van der Waals surface area contributed by atoms with Gasteiger partial charge < -0.3 is 15.7 Å². The summed E-state index contributed by atoms with van der Waals surface area (Å²) in [6.07, 6.45) is 1.46. The van der Waals surface area contributed by atoms with Crippen LogP contribution in [-0.2, 0) is 11.3 Å². The highest BCUT2D eigenvalue weighted by Crippen LogP contribution is 2.17. The van der Waals surface area contributed by atoms with Gasteiger partial charge in [-0.15, -0.1) is 0 Å². The second-order valence-corrected chi connectivity index (χ2v) is 5.86. The predicted molar refractivity (Wildman–Crippen MR) is 81.2 cm³/mol. The van der Waals surface area contributed by atoms with E-state index in [0.717, 1.165) is 12.0 Å². The average molecular weight is 278 g/mol. The fourth-order valence-electron chi connectivity index (χ4n) is 2.35. The average Bonchev–Trinajstić information content (AvgIpc) is 2.37. The van der Waals surface area contributed by atoms with E-state index in [4.69, 9.17) is 5.73 Å². The van der Waals surface area contributed by atoms with Gasteiger partial charge in [-0.05, 0) is 42.5 Å². The molecule has 0 radical (unpaired) electrons. The first-order valence-electron chi connectivity index (χ1n) is 7.14. The number of nitrogens with zero attached hydrogens (tertiary/aromatic N) is 1. The maximum absolute atomic E-state index is 12.2. The molecule has 1 amide bonds. The molecule has 0 aliphatic carbocycles. The van der Waals surface area contributed by atoms with Crippen molar-refractivity contribution in [2.24, 2.45) is 17.6 Å². The van der Waals surface area contributed by atoms with Gasteiger partial charge in [0.2, 0.25) is 5.91 Å². The lowest BCUT2D eigenvalue weighted by Gasteiger charge is -2.22. The van der Waals surface area contributed by atoms with E-state index in [9.17, 15) is 9.90 Å². The summed E-state index contributed by atoms with van der Waals surface area (Å²) in [5, 5.41) is 9.43. The summed E-state index contributed by atoms with van der Waals surface area (Å²) in [5.41, 5.74) is 6.66. The van der Waals surface area contributed by atoms with Crippen molar-refractivity contribution in [1.82, 2.24) is 4.90 Å². The Labute approximate surface area is 121 Å². The lowest BCUT2D eigenvalue weighted by atomic mass is 9.94. The van der Waals surface area contributed by atoms with Crippen LogP contribution < -0.4 is 5.73 Å². The van der Waals surface area contributed by atoms with Gasteiger partial charge in [0.15, 0.2) is 0 Å². The molecule has 0 fully saturated rings. The SMILES string of the molecule is CC(C)CC(CN)CC(=O)N(C)Cc1cccc(O)c1. The molecule has 0 bridgehead atoms. The van der Waals surface area contributed by atoms with Crippen molar-refractivity contribution in [3.8, 4) is 5.75 Å². The molecule has 1 aromatic carbocycles. The Morgan fingerprint density at radius 2 is 2.10 bits per heavy atom. The van der Waals surface area contributed by atoms with Crippen LogP contribution in [0.1, 0.15) is 32.3 Å². The molecule has 0 saturated carbocycles. The molecule has 1 atom stereocenters. The number of nitrogens with two attached hydrogens (primary N) is 1. The number of amides is 1. The van der Waals surface area contributed by atoms with Crippen LogP contribution in [0.4, 0.5) is 0 Å². The minimum atomic E-state index is 0.101. The number of aromatic hydroxyl groups is 1. The van der Waals surface area contributed by atoms with Gasteiger partial charge in [-0.2, -0.15) is 0 Å². The number of benzene rings is 1. The normalized spacial score (nSPS) is 12.4. The first-order chi connectivity index (χ1) is 9.42. The van der Waals surface area contributed by atoms with Gasteiger partial charge >= 0.3 is 0 Å². The molecule has 0 saturated heterocycles. The van der Waals surface area contributed by atoms with Gasteiger partial charge in [-0.25, -0.2) is 0 Å². The molecular weight excluding hydrogens is 252 g/mol. The van der Waals surface area contributed by atoms with Crippen molar-refractivity contribution in [2.45, 2.75) is 33.2 Å². The van der Waals surface area contributed by atoms with E-state index in [1.807, 2.05) is 6.07 Å². The number of phenols is 1. The Bertz CT molecular complexity index is 432. The summed E-state index contributed by atoms with van der Waals surface area (Å²) in [5.74, 6) is 1.12. The Morgan fingerprint density at radius 1 is 1.40 bits per heavy atom. The Morgan fingerprint density at radius 3 is 2.65 bits per heavy atom. The Hall–Kier alpha value is -1.55. The molecule has 4 heteroatoms. The van der Waals surface area contributed by atoms with E-state index < -0.39 is 0 Å². The highest BCUT2D eigenvalue weighted by Gasteiger charge is 2.17. The number of hydrogen-bond donors (Lipinski definition) is 2. The summed E-state index contributed by atoms with van der Waals surface area (Å²) in [4.78, 5) is 13.9. The van der Waals surface area contributed by atoms with Crippen LogP contribution in [0.25, 0.3) is 0 Å². The van der Waals surface area contributed by atoms with Crippen molar-refractivity contribution in [1.29, 1.82) is 0 Å². The monoisotopic (exact) mass is 278 g/mol. The molecule has 1 aromatic rings.